The minimum atomic E-state index is -4.48. The molecule has 0 saturated carbocycles. The molecule has 9 nitrogen and oxygen atoms in total. The highest BCUT2D eigenvalue weighted by molar-refractivity contribution is 7.23. The van der Waals surface area contributed by atoms with Gasteiger partial charge in [-0.05, 0) is 23.6 Å². The lowest BCUT2D eigenvalue weighted by Gasteiger charge is -2.17. The number of fused-ring (bicyclic) bond motifs is 1. The molecule has 5 rings (SSSR count). The molecule has 202 valence electrons. The summed E-state index contributed by atoms with van der Waals surface area (Å²) in [5, 5.41) is 14.0. The third kappa shape index (κ3) is 5.50. The summed E-state index contributed by atoms with van der Waals surface area (Å²) in [7, 11) is 1.68. The summed E-state index contributed by atoms with van der Waals surface area (Å²) < 4.78 is 62.7. The van der Waals surface area contributed by atoms with Crippen LogP contribution in [0.4, 0.5) is 23.2 Å². The van der Waals surface area contributed by atoms with E-state index < -0.39 is 30.7 Å². The second-order valence-electron chi connectivity index (χ2n) is 9.10. The Balaban J connectivity index is 1.43. The zero-order chi connectivity index (χ0) is 27.0. The second-order valence-corrected chi connectivity index (χ2v) is 10.1. The van der Waals surface area contributed by atoms with E-state index in [0.29, 0.717) is 41.0 Å². The van der Waals surface area contributed by atoms with Crippen molar-refractivity contribution in [2.24, 2.45) is 7.05 Å². The number of nitrogens with one attached hydrogen (secondary N) is 2. The summed E-state index contributed by atoms with van der Waals surface area (Å²) in [6.07, 6.45) is -3.82. The maximum absolute atomic E-state index is 14.6. The summed E-state index contributed by atoms with van der Waals surface area (Å²) in [5.41, 5.74) is 0.913. The Bertz CT molecular complexity index is 1450. The molecule has 1 aliphatic heterocycles. The SMILES string of the molecule is CCN1C[C@H](F)[C@H](Nc2cccc3c(CC(F)(F)F)c(-c4noc(CNC(=O)c5cnn(C)c5)n4)sc23)C1. The summed E-state index contributed by atoms with van der Waals surface area (Å²) in [4.78, 5) is 18.7. The molecule has 4 aromatic rings. The van der Waals surface area contributed by atoms with Gasteiger partial charge in [-0.25, -0.2) is 4.39 Å². The molecule has 1 saturated heterocycles. The van der Waals surface area contributed by atoms with Gasteiger partial charge in [0, 0.05) is 26.3 Å². The lowest BCUT2D eigenvalue weighted by Crippen LogP contribution is -2.29. The number of carbonyl (C=O) groups excluding carboxylic acids is 1. The van der Waals surface area contributed by atoms with E-state index in [9.17, 15) is 22.4 Å². The van der Waals surface area contributed by atoms with Crippen molar-refractivity contribution in [1.82, 2.24) is 30.1 Å². The van der Waals surface area contributed by atoms with Crippen LogP contribution in [0.3, 0.4) is 0 Å². The molecule has 1 aliphatic rings. The van der Waals surface area contributed by atoms with Crippen LogP contribution in [0, 0.1) is 0 Å². The number of rotatable bonds is 8. The van der Waals surface area contributed by atoms with Gasteiger partial charge in [0.25, 0.3) is 5.91 Å². The standard InChI is InChI=1S/C24H25F4N7O2S/c1-3-35-11-16(25)18(12-35)31-17-6-4-5-14-15(7-24(26,27)28)21(38-20(14)17)22-32-19(37-33-22)9-29-23(36)13-8-30-34(2)10-13/h4-6,8,10,16,18,31H,3,7,9,11-12H2,1-2H3,(H,29,36)/t16-,18+/m0/s1. The minimum Gasteiger partial charge on any atom is -0.377 e. The number of alkyl halides is 4. The van der Waals surface area contributed by atoms with E-state index in [1.807, 2.05) is 11.8 Å². The van der Waals surface area contributed by atoms with Crippen molar-refractivity contribution in [3.63, 3.8) is 0 Å². The van der Waals surface area contributed by atoms with Gasteiger partial charge in [0.1, 0.15) is 6.17 Å². The maximum atomic E-state index is 14.6. The fraction of sp³-hybridized carbons (Fsp3) is 0.417. The Morgan fingerprint density at radius 3 is 2.79 bits per heavy atom. The molecule has 0 bridgehead atoms. The van der Waals surface area contributed by atoms with Crippen molar-refractivity contribution in [2.45, 2.75) is 38.3 Å². The zero-order valence-corrected chi connectivity index (χ0v) is 21.4. The summed E-state index contributed by atoms with van der Waals surface area (Å²) in [6, 6.07) is 4.52. The predicted molar refractivity (Wildman–Crippen MR) is 134 cm³/mol. The molecule has 0 radical (unpaired) electrons. The van der Waals surface area contributed by atoms with E-state index in [-0.39, 0.29) is 28.7 Å². The first-order valence-corrected chi connectivity index (χ1v) is 12.8. The lowest BCUT2D eigenvalue weighted by molar-refractivity contribution is -0.126. The number of halogens is 4. The van der Waals surface area contributed by atoms with Crippen LogP contribution in [0.25, 0.3) is 20.8 Å². The summed E-state index contributed by atoms with van der Waals surface area (Å²) in [6.45, 7) is 3.36. The highest BCUT2D eigenvalue weighted by Gasteiger charge is 2.34. The number of nitrogens with zero attached hydrogens (tertiary/aromatic N) is 5. The van der Waals surface area contributed by atoms with Crippen molar-refractivity contribution in [1.29, 1.82) is 0 Å². The number of likely N-dealkylation sites (N-methyl/N-ethyl adjacent to an activating group) is 1. The van der Waals surface area contributed by atoms with Crippen molar-refractivity contribution in [3.8, 4) is 10.7 Å². The second kappa shape index (κ2) is 10.3. The van der Waals surface area contributed by atoms with Gasteiger partial charge < -0.3 is 15.2 Å². The van der Waals surface area contributed by atoms with Crippen LogP contribution in [0.5, 0.6) is 0 Å². The first-order chi connectivity index (χ1) is 18.1. The fourth-order valence-electron chi connectivity index (χ4n) is 4.49. The topological polar surface area (TPSA) is 101 Å². The van der Waals surface area contributed by atoms with Gasteiger partial charge >= 0.3 is 6.18 Å². The monoisotopic (exact) mass is 551 g/mol. The number of anilines is 1. The minimum absolute atomic E-state index is 0.0107. The molecule has 4 heterocycles. The van der Waals surface area contributed by atoms with Crippen LogP contribution in [0.2, 0.25) is 0 Å². The van der Waals surface area contributed by atoms with Gasteiger partial charge in [0.2, 0.25) is 11.7 Å². The maximum Gasteiger partial charge on any atom is 0.393 e. The third-order valence-corrected chi connectivity index (χ3v) is 7.62. The van der Waals surface area contributed by atoms with Gasteiger partial charge in [-0.2, -0.15) is 23.3 Å². The number of hydrogen-bond acceptors (Lipinski definition) is 8. The van der Waals surface area contributed by atoms with E-state index in [1.54, 1.807) is 25.2 Å². The molecule has 0 aliphatic carbocycles. The Morgan fingerprint density at radius 1 is 1.29 bits per heavy atom. The quantitative estimate of drug-likeness (QED) is 0.317. The van der Waals surface area contributed by atoms with Gasteiger partial charge in [-0.15, -0.1) is 11.3 Å². The van der Waals surface area contributed by atoms with E-state index in [0.717, 1.165) is 11.3 Å². The molecular weight excluding hydrogens is 526 g/mol. The number of amides is 1. The molecule has 38 heavy (non-hydrogen) atoms. The average molecular weight is 552 g/mol. The third-order valence-electron chi connectivity index (χ3n) is 6.35. The largest absolute Gasteiger partial charge is 0.393 e. The Labute approximate surface area is 218 Å². The Kier molecular flexibility index (Phi) is 7.09. The van der Waals surface area contributed by atoms with Crippen LogP contribution >= 0.6 is 11.3 Å². The van der Waals surface area contributed by atoms with Gasteiger partial charge in [-0.3, -0.25) is 14.4 Å². The van der Waals surface area contributed by atoms with Crippen molar-refractivity contribution in [2.75, 3.05) is 25.0 Å². The molecule has 3 aromatic heterocycles. The van der Waals surface area contributed by atoms with Crippen molar-refractivity contribution in [3.05, 3.63) is 47.6 Å². The molecule has 0 unspecified atom stereocenters. The van der Waals surface area contributed by atoms with E-state index in [4.69, 9.17) is 4.52 Å². The number of hydrogen-bond donors (Lipinski definition) is 2. The summed E-state index contributed by atoms with van der Waals surface area (Å²) in [5.74, 6) is -0.381. The van der Waals surface area contributed by atoms with Crippen molar-refractivity contribution < 1.29 is 26.9 Å². The highest BCUT2D eigenvalue weighted by atomic mass is 32.1. The average Bonchev–Trinajstić information content (AvgIpc) is 3.65. The van der Waals surface area contributed by atoms with Gasteiger partial charge in [0.05, 0.1) is 46.0 Å². The molecule has 2 N–H and O–H groups in total. The Hall–Kier alpha value is -3.52. The van der Waals surface area contributed by atoms with Crippen LogP contribution < -0.4 is 10.6 Å². The number of thiophene rings is 1. The van der Waals surface area contributed by atoms with Crippen molar-refractivity contribution >= 4 is 33.0 Å². The number of carbonyl (C=O) groups is 1. The van der Waals surface area contributed by atoms with E-state index in [1.165, 1.54) is 17.1 Å². The molecule has 14 heteroatoms. The molecule has 1 aromatic carbocycles. The molecule has 1 amide bonds. The smallest absolute Gasteiger partial charge is 0.377 e. The number of benzene rings is 1. The highest BCUT2D eigenvalue weighted by Crippen LogP contribution is 2.43. The fourth-order valence-corrected chi connectivity index (χ4v) is 5.71. The first-order valence-electron chi connectivity index (χ1n) is 11.9. The number of likely N-dealkylation sites (tertiary alicyclic amines) is 1. The molecule has 1 fully saturated rings. The normalized spacial score (nSPS) is 18.4. The lowest BCUT2D eigenvalue weighted by atomic mass is 10.1. The van der Waals surface area contributed by atoms with E-state index in [2.05, 4.69) is 25.9 Å². The Morgan fingerprint density at radius 2 is 2.11 bits per heavy atom. The van der Waals surface area contributed by atoms with Crippen LogP contribution in [-0.4, -0.2) is 68.8 Å². The number of aryl methyl sites for hydroxylation is 1. The molecule has 0 spiro atoms. The first kappa shape index (κ1) is 26.1. The predicted octanol–water partition coefficient (Wildman–Crippen LogP) is 4.17. The molecule has 2 atom stereocenters. The number of aromatic nitrogens is 4. The van der Waals surface area contributed by atoms with Crippen LogP contribution in [0.1, 0.15) is 28.7 Å². The summed E-state index contributed by atoms with van der Waals surface area (Å²) >= 11 is 1.09. The zero-order valence-electron chi connectivity index (χ0n) is 20.5. The van der Waals surface area contributed by atoms with E-state index >= 15 is 0 Å². The molecular formula is C24H25F4N7O2S. The van der Waals surface area contributed by atoms with Gasteiger partial charge in [-0.1, -0.05) is 24.2 Å². The van der Waals surface area contributed by atoms with Crippen LogP contribution in [0.15, 0.2) is 35.1 Å². The van der Waals surface area contributed by atoms with Crippen LogP contribution in [-0.2, 0) is 20.0 Å². The van der Waals surface area contributed by atoms with Gasteiger partial charge in [0.15, 0.2) is 0 Å².